The number of rotatable bonds is 5. The van der Waals surface area contributed by atoms with Gasteiger partial charge in [-0.2, -0.15) is 0 Å². The summed E-state index contributed by atoms with van der Waals surface area (Å²) in [5.41, 5.74) is 5.87. The van der Waals surface area contributed by atoms with Gasteiger partial charge in [-0.15, -0.1) is 0 Å². The Kier molecular flexibility index (Phi) is 5.22. The van der Waals surface area contributed by atoms with E-state index in [1.807, 2.05) is 6.92 Å². The molecule has 1 aliphatic heterocycles. The zero-order chi connectivity index (χ0) is 12.1. The van der Waals surface area contributed by atoms with Crippen LogP contribution in [0.5, 0.6) is 0 Å². The van der Waals surface area contributed by atoms with Crippen molar-refractivity contribution in [3.63, 3.8) is 0 Å². The van der Waals surface area contributed by atoms with Crippen molar-refractivity contribution in [3.05, 3.63) is 0 Å². The number of carbonyl (C=O) groups is 1. The second kappa shape index (κ2) is 6.21. The molecule has 0 aliphatic carbocycles. The molecule has 1 heterocycles. The molecule has 0 spiro atoms. The van der Waals surface area contributed by atoms with Crippen LogP contribution in [0.4, 0.5) is 0 Å². The number of hydrogen-bond acceptors (Lipinski definition) is 3. The lowest BCUT2D eigenvalue weighted by Crippen LogP contribution is -2.48. The first-order valence-corrected chi connectivity index (χ1v) is 6.29. The highest BCUT2D eigenvalue weighted by Crippen LogP contribution is 2.13. The summed E-state index contributed by atoms with van der Waals surface area (Å²) in [6, 6.07) is 0.129. The maximum absolute atomic E-state index is 11.8. The molecule has 3 atom stereocenters. The Balaban J connectivity index is 2.29. The fraction of sp³-hybridized carbons (Fsp3) is 0.917. The predicted octanol–water partition coefficient (Wildman–Crippen LogP) is 0.570. The Morgan fingerprint density at radius 1 is 1.62 bits per heavy atom. The van der Waals surface area contributed by atoms with Crippen LogP contribution < -0.4 is 11.1 Å². The number of hydrogen-bond donors (Lipinski definition) is 2. The number of likely N-dealkylation sites (tertiary alicyclic amines) is 1. The van der Waals surface area contributed by atoms with E-state index in [-0.39, 0.29) is 17.9 Å². The van der Waals surface area contributed by atoms with E-state index in [1.54, 1.807) is 0 Å². The zero-order valence-electron chi connectivity index (χ0n) is 10.7. The van der Waals surface area contributed by atoms with Crippen molar-refractivity contribution in [1.29, 1.82) is 0 Å². The third-order valence-electron chi connectivity index (χ3n) is 3.74. The molecule has 1 rings (SSSR count). The molecule has 0 radical (unpaired) electrons. The van der Waals surface area contributed by atoms with E-state index in [0.717, 1.165) is 19.5 Å². The number of nitrogens with zero attached hydrogens (tertiary/aromatic N) is 1. The Labute approximate surface area is 98.6 Å². The van der Waals surface area contributed by atoms with E-state index in [2.05, 4.69) is 24.2 Å². The molecule has 3 unspecified atom stereocenters. The largest absolute Gasteiger partial charge is 0.353 e. The van der Waals surface area contributed by atoms with Gasteiger partial charge in [0.25, 0.3) is 0 Å². The maximum atomic E-state index is 11.8. The molecular weight excluding hydrogens is 202 g/mol. The van der Waals surface area contributed by atoms with Crippen LogP contribution in [0, 0.1) is 5.92 Å². The molecule has 94 valence electrons. The molecule has 0 aromatic rings. The highest BCUT2D eigenvalue weighted by atomic mass is 16.2. The minimum Gasteiger partial charge on any atom is -0.353 e. The van der Waals surface area contributed by atoms with Crippen LogP contribution >= 0.6 is 0 Å². The second-order valence-electron chi connectivity index (χ2n) is 4.93. The normalized spacial score (nSPS) is 25.4. The van der Waals surface area contributed by atoms with Gasteiger partial charge in [-0.25, -0.2) is 0 Å². The van der Waals surface area contributed by atoms with Gasteiger partial charge in [0.2, 0.25) is 5.91 Å². The molecule has 0 aromatic heterocycles. The topological polar surface area (TPSA) is 58.4 Å². The van der Waals surface area contributed by atoms with Crippen LogP contribution in [0.15, 0.2) is 0 Å². The van der Waals surface area contributed by atoms with Crippen molar-refractivity contribution in [3.8, 4) is 0 Å². The molecule has 1 saturated heterocycles. The van der Waals surface area contributed by atoms with Gasteiger partial charge < -0.3 is 16.0 Å². The van der Waals surface area contributed by atoms with E-state index in [9.17, 15) is 4.79 Å². The minimum absolute atomic E-state index is 0.00495. The Bertz CT molecular complexity index is 232. The molecule has 1 fully saturated rings. The van der Waals surface area contributed by atoms with Gasteiger partial charge in [-0.3, -0.25) is 4.79 Å². The fourth-order valence-corrected chi connectivity index (χ4v) is 2.09. The standard InChI is InChI=1S/C12H25N3O/c1-4-9(2)11(13)12(16)14-8-10-6-5-7-15(10)3/h9-11H,4-8,13H2,1-3H3,(H,14,16). The summed E-state index contributed by atoms with van der Waals surface area (Å²) in [5, 5.41) is 2.96. The van der Waals surface area contributed by atoms with Gasteiger partial charge in [0.15, 0.2) is 0 Å². The number of carbonyl (C=O) groups excluding carboxylic acids is 1. The lowest BCUT2D eigenvalue weighted by Gasteiger charge is -2.22. The van der Waals surface area contributed by atoms with Gasteiger partial charge in [-0.05, 0) is 32.4 Å². The quantitative estimate of drug-likeness (QED) is 0.722. The van der Waals surface area contributed by atoms with Crippen molar-refractivity contribution in [2.75, 3.05) is 20.1 Å². The Morgan fingerprint density at radius 3 is 2.81 bits per heavy atom. The van der Waals surface area contributed by atoms with Crippen molar-refractivity contribution in [1.82, 2.24) is 10.2 Å². The summed E-state index contributed by atoms with van der Waals surface area (Å²) in [7, 11) is 2.11. The second-order valence-corrected chi connectivity index (χ2v) is 4.93. The predicted molar refractivity (Wildman–Crippen MR) is 66.1 cm³/mol. The van der Waals surface area contributed by atoms with Gasteiger partial charge in [-0.1, -0.05) is 20.3 Å². The highest BCUT2D eigenvalue weighted by Gasteiger charge is 2.23. The summed E-state index contributed by atoms with van der Waals surface area (Å²) >= 11 is 0. The molecule has 3 N–H and O–H groups in total. The maximum Gasteiger partial charge on any atom is 0.237 e. The number of amides is 1. The molecule has 1 amide bonds. The average molecular weight is 227 g/mol. The minimum atomic E-state index is -0.364. The van der Waals surface area contributed by atoms with Crippen LogP contribution in [-0.4, -0.2) is 43.0 Å². The molecule has 16 heavy (non-hydrogen) atoms. The first-order valence-electron chi connectivity index (χ1n) is 6.29. The number of likely N-dealkylation sites (N-methyl/N-ethyl adjacent to an activating group) is 1. The Hall–Kier alpha value is -0.610. The summed E-state index contributed by atoms with van der Waals surface area (Å²) in [4.78, 5) is 14.1. The monoisotopic (exact) mass is 227 g/mol. The van der Waals surface area contributed by atoms with Crippen LogP contribution in [-0.2, 0) is 4.79 Å². The van der Waals surface area contributed by atoms with Crippen LogP contribution in [0.25, 0.3) is 0 Å². The number of nitrogens with two attached hydrogens (primary N) is 1. The molecule has 1 aliphatic rings. The molecule has 0 bridgehead atoms. The summed E-state index contributed by atoms with van der Waals surface area (Å²) in [6.45, 7) is 5.95. The van der Waals surface area contributed by atoms with Gasteiger partial charge in [0.1, 0.15) is 0 Å². The van der Waals surface area contributed by atoms with E-state index >= 15 is 0 Å². The smallest absolute Gasteiger partial charge is 0.237 e. The van der Waals surface area contributed by atoms with E-state index in [1.165, 1.54) is 12.8 Å². The van der Waals surface area contributed by atoms with Crippen molar-refractivity contribution >= 4 is 5.91 Å². The first kappa shape index (κ1) is 13.5. The van der Waals surface area contributed by atoms with Crippen LogP contribution in [0.3, 0.4) is 0 Å². The van der Waals surface area contributed by atoms with E-state index in [0.29, 0.717) is 6.04 Å². The third-order valence-corrected chi connectivity index (χ3v) is 3.74. The fourth-order valence-electron chi connectivity index (χ4n) is 2.09. The lowest BCUT2D eigenvalue weighted by molar-refractivity contribution is -0.123. The Morgan fingerprint density at radius 2 is 2.31 bits per heavy atom. The van der Waals surface area contributed by atoms with Gasteiger partial charge in [0, 0.05) is 12.6 Å². The van der Waals surface area contributed by atoms with Crippen molar-refractivity contribution in [2.45, 2.75) is 45.2 Å². The van der Waals surface area contributed by atoms with Crippen LogP contribution in [0.2, 0.25) is 0 Å². The van der Waals surface area contributed by atoms with Gasteiger partial charge >= 0.3 is 0 Å². The SMILES string of the molecule is CCC(C)C(N)C(=O)NCC1CCCN1C. The molecule has 4 nitrogen and oxygen atoms in total. The van der Waals surface area contributed by atoms with Crippen molar-refractivity contribution in [2.24, 2.45) is 11.7 Å². The van der Waals surface area contributed by atoms with Crippen LogP contribution in [0.1, 0.15) is 33.1 Å². The van der Waals surface area contributed by atoms with E-state index in [4.69, 9.17) is 5.73 Å². The molecule has 0 aromatic carbocycles. The first-order chi connectivity index (χ1) is 7.56. The van der Waals surface area contributed by atoms with E-state index < -0.39 is 0 Å². The molecule has 0 saturated carbocycles. The average Bonchev–Trinajstić information content (AvgIpc) is 2.69. The summed E-state index contributed by atoms with van der Waals surface area (Å²) < 4.78 is 0. The molecule has 4 heteroatoms. The number of nitrogens with one attached hydrogen (secondary N) is 1. The summed E-state index contributed by atoms with van der Waals surface area (Å²) in [5.74, 6) is 0.246. The van der Waals surface area contributed by atoms with Crippen molar-refractivity contribution < 1.29 is 4.79 Å². The molecular formula is C12H25N3O. The highest BCUT2D eigenvalue weighted by molar-refractivity contribution is 5.81. The summed E-state index contributed by atoms with van der Waals surface area (Å²) in [6.07, 6.45) is 3.35. The third kappa shape index (κ3) is 3.46. The van der Waals surface area contributed by atoms with Gasteiger partial charge in [0.05, 0.1) is 6.04 Å². The zero-order valence-corrected chi connectivity index (χ0v) is 10.7. The lowest BCUT2D eigenvalue weighted by atomic mass is 9.99.